The highest BCUT2D eigenvalue weighted by Gasteiger charge is 1.97. The van der Waals surface area contributed by atoms with Gasteiger partial charge in [0.25, 0.3) is 0 Å². The van der Waals surface area contributed by atoms with Crippen molar-refractivity contribution in [3.05, 3.63) is 12.5 Å². The molecule has 0 saturated carbocycles. The largest absolute Gasteiger partial charge is 0.364 e. The van der Waals surface area contributed by atoms with Crippen molar-refractivity contribution in [3.8, 4) is 5.88 Å². The summed E-state index contributed by atoms with van der Waals surface area (Å²) in [4.78, 5) is 3.65. The van der Waals surface area contributed by atoms with E-state index in [0.717, 1.165) is 0 Å². The Morgan fingerprint density at radius 3 is 2.80 bits per heavy atom. The van der Waals surface area contributed by atoms with Crippen LogP contribution >= 0.6 is 0 Å². The van der Waals surface area contributed by atoms with Crippen LogP contribution in [0.3, 0.4) is 0 Å². The van der Waals surface area contributed by atoms with Gasteiger partial charge in [-0.1, -0.05) is 0 Å². The SMILES string of the molecule is Cn1cncc1O[SH](=O)=O. The van der Waals surface area contributed by atoms with Crippen LogP contribution < -0.4 is 4.18 Å². The second-order valence-electron chi connectivity index (χ2n) is 1.66. The predicted octanol–water partition coefficient (Wildman–Crippen LogP) is -0.675. The normalized spacial score (nSPS) is 10.2. The van der Waals surface area contributed by atoms with Gasteiger partial charge in [-0.2, -0.15) is 8.42 Å². The zero-order chi connectivity index (χ0) is 7.56. The average molecular weight is 162 g/mol. The van der Waals surface area contributed by atoms with Crippen LogP contribution in [-0.4, -0.2) is 18.0 Å². The van der Waals surface area contributed by atoms with Crippen LogP contribution in [0.15, 0.2) is 12.5 Å². The molecule has 0 radical (unpaired) electrons. The van der Waals surface area contributed by atoms with E-state index in [1.165, 1.54) is 17.1 Å². The third-order valence-corrected chi connectivity index (χ3v) is 1.28. The molecule has 0 atom stereocenters. The summed E-state index contributed by atoms with van der Waals surface area (Å²) in [7, 11) is -1.19. The highest BCUT2D eigenvalue weighted by molar-refractivity contribution is 7.67. The Hall–Kier alpha value is -1.04. The van der Waals surface area contributed by atoms with Gasteiger partial charge in [-0.25, -0.2) is 4.98 Å². The Bertz CT molecular complexity index is 282. The standard InChI is InChI=1S/C4H6N2O3S/c1-6-3-5-2-4(6)9-10(7)8/h2-3,10H,1H3. The first-order chi connectivity index (χ1) is 4.70. The van der Waals surface area contributed by atoms with Gasteiger partial charge in [-0.3, -0.25) is 0 Å². The Labute approximate surface area is 59.4 Å². The molecule has 1 rings (SSSR count). The van der Waals surface area contributed by atoms with E-state index < -0.39 is 11.0 Å². The highest BCUT2D eigenvalue weighted by Crippen LogP contribution is 2.05. The molecule has 0 aliphatic rings. The van der Waals surface area contributed by atoms with Crippen molar-refractivity contribution in [1.29, 1.82) is 0 Å². The first-order valence-corrected chi connectivity index (χ1v) is 3.58. The monoisotopic (exact) mass is 162 g/mol. The smallest absolute Gasteiger partial charge is 0.300 e. The van der Waals surface area contributed by atoms with E-state index in [9.17, 15) is 8.42 Å². The topological polar surface area (TPSA) is 61.2 Å². The van der Waals surface area contributed by atoms with Gasteiger partial charge in [0.15, 0.2) is 0 Å². The summed E-state index contributed by atoms with van der Waals surface area (Å²) in [6.07, 6.45) is 2.78. The van der Waals surface area contributed by atoms with Gasteiger partial charge in [-0.15, -0.1) is 0 Å². The van der Waals surface area contributed by atoms with Crippen LogP contribution in [0.4, 0.5) is 0 Å². The minimum Gasteiger partial charge on any atom is -0.364 e. The summed E-state index contributed by atoms with van der Waals surface area (Å²) in [6, 6.07) is 0. The molecule has 1 aromatic heterocycles. The molecule has 0 fully saturated rings. The van der Waals surface area contributed by atoms with Crippen LogP contribution in [0.25, 0.3) is 0 Å². The maximum Gasteiger partial charge on any atom is 0.300 e. The lowest BCUT2D eigenvalue weighted by Crippen LogP contribution is -1.95. The summed E-state index contributed by atoms with van der Waals surface area (Å²) in [5, 5.41) is 0. The first kappa shape index (κ1) is 7.07. The summed E-state index contributed by atoms with van der Waals surface area (Å²) in [5.74, 6) is 0.219. The highest BCUT2D eigenvalue weighted by atomic mass is 32.2. The van der Waals surface area contributed by atoms with Crippen molar-refractivity contribution in [2.45, 2.75) is 0 Å². The fraction of sp³-hybridized carbons (Fsp3) is 0.250. The third kappa shape index (κ3) is 1.47. The molecule has 0 spiro atoms. The number of aromatic nitrogens is 2. The minimum atomic E-state index is -2.83. The van der Waals surface area contributed by atoms with Gasteiger partial charge in [0.1, 0.15) is 0 Å². The Kier molecular flexibility index (Phi) is 1.91. The van der Waals surface area contributed by atoms with Crippen molar-refractivity contribution in [3.63, 3.8) is 0 Å². The molecule has 10 heavy (non-hydrogen) atoms. The van der Waals surface area contributed by atoms with Gasteiger partial charge >= 0.3 is 11.0 Å². The number of hydrogen-bond acceptors (Lipinski definition) is 4. The minimum absolute atomic E-state index is 0.219. The lowest BCUT2D eigenvalue weighted by molar-refractivity contribution is 0.486. The lowest BCUT2D eigenvalue weighted by atomic mass is 10.8. The van der Waals surface area contributed by atoms with Crippen LogP contribution in [0.2, 0.25) is 0 Å². The van der Waals surface area contributed by atoms with Crippen LogP contribution in [0, 0.1) is 0 Å². The van der Waals surface area contributed by atoms with E-state index >= 15 is 0 Å². The number of thiol groups is 1. The van der Waals surface area contributed by atoms with E-state index in [-0.39, 0.29) is 5.88 Å². The fourth-order valence-corrected chi connectivity index (χ4v) is 0.838. The van der Waals surface area contributed by atoms with E-state index in [1.807, 2.05) is 0 Å². The molecule has 0 unspecified atom stereocenters. The number of nitrogens with zero attached hydrogens (tertiary/aromatic N) is 2. The van der Waals surface area contributed by atoms with E-state index in [2.05, 4.69) is 9.17 Å². The Balaban J connectivity index is 2.84. The Morgan fingerprint density at radius 1 is 1.70 bits per heavy atom. The van der Waals surface area contributed by atoms with Crippen molar-refractivity contribution >= 4 is 11.0 Å². The molecular weight excluding hydrogens is 156 g/mol. The third-order valence-electron chi connectivity index (χ3n) is 0.941. The van der Waals surface area contributed by atoms with E-state index in [1.54, 1.807) is 7.05 Å². The molecule has 0 amide bonds. The van der Waals surface area contributed by atoms with E-state index in [0.29, 0.717) is 0 Å². The van der Waals surface area contributed by atoms with Crippen LogP contribution in [0.5, 0.6) is 5.88 Å². The summed E-state index contributed by atoms with van der Waals surface area (Å²) < 4.78 is 25.8. The van der Waals surface area contributed by atoms with Crippen molar-refractivity contribution in [2.24, 2.45) is 7.05 Å². The van der Waals surface area contributed by atoms with Crippen molar-refractivity contribution in [1.82, 2.24) is 9.55 Å². The molecule has 1 heterocycles. The van der Waals surface area contributed by atoms with Crippen LogP contribution in [-0.2, 0) is 18.0 Å². The molecule has 0 aromatic carbocycles. The predicted molar refractivity (Wildman–Crippen MR) is 34.2 cm³/mol. The molecule has 5 nitrogen and oxygen atoms in total. The fourth-order valence-electron chi connectivity index (χ4n) is 0.509. The molecular formula is C4H6N2O3S. The molecule has 0 bridgehead atoms. The number of rotatable bonds is 2. The molecule has 0 N–H and O–H groups in total. The zero-order valence-electron chi connectivity index (χ0n) is 5.22. The van der Waals surface area contributed by atoms with Gasteiger partial charge in [0, 0.05) is 7.05 Å². The quantitative estimate of drug-likeness (QED) is 0.585. The summed E-state index contributed by atoms with van der Waals surface area (Å²) in [5.41, 5.74) is 0. The molecule has 1 aromatic rings. The summed E-state index contributed by atoms with van der Waals surface area (Å²) in [6.45, 7) is 0. The molecule has 6 heteroatoms. The molecule has 0 aliphatic heterocycles. The second-order valence-corrected chi connectivity index (χ2v) is 2.29. The molecule has 0 aliphatic carbocycles. The average Bonchev–Trinajstić information content (AvgIpc) is 2.15. The lowest BCUT2D eigenvalue weighted by Gasteiger charge is -1.94. The molecule has 0 saturated heterocycles. The Morgan fingerprint density at radius 2 is 2.40 bits per heavy atom. The molecule has 56 valence electrons. The van der Waals surface area contributed by atoms with Crippen molar-refractivity contribution < 1.29 is 12.6 Å². The maximum absolute atomic E-state index is 9.99. The van der Waals surface area contributed by atoms with Crippen LogP contribution in [0.1, 0.15) is 0 Å². The number of hydrogen-bond donors (Lipinski definition) is 1. The maximum atomic E-state index is 9.99. The van der Waals surface area contributed by atoms with Crippen molar-refractivity contribution in [2.75, 3.05) is 0 Å². The van der Waals surface area contributed by atoms with Gasteiger partial charge in [0.2, 0.25) is 5.88 Å². The number of aryl methyl sites for hydroxylation is 1. The zero-order valence-corrected chi connectivity index (χ0v) is 6.12. The summed E-state index contributed by atoms with van der Waals surface area (Å²) >= 11 is 0. The van der Waals surface area contributed by atoms with E-state index in [4.69, 9.17) is 0 Å². The first-order valence-electron chi connectivity index (χ1n) is 2.49. The van der Waals surface area contributed by atoms with Gasteiger partial charge in [0.05, 0.1) is 12.5 Å². The number of imidazole rings is 1. The second kappa shape index (κ2) is 2.70. The van der Waals surface area contributed by atoms with Gasteiger partial charge in [-0.05, 0) is 0 Å². The van der Waals surface area contributed by atoms with Gasteiger partial charge < -0.3 is 8.75 Å².